The van der Waals surface area contributed by atoms with E-state index >= 15 is 0 Å². The van der Waals surface area contributed by atoms with E-state index in [0.29, 0.717) is 18.4 Å². The summed E-state index contributed by atoms with van der Waals surface area (Å²) < 4.78 is 24.2. The van der Waals surface area contributed by atoms with Gasteiger partial charge in [0.2, 0.25) is 0 Å². The van der Waals surface area contributed by atoms with E-state index in [9.17, 15) is 18.8 Å². The van der Waals surface area contributed by atoms with Gasteiger partial charge in [-0.25, -0.2) is 14.0 Å². The van der Waals surface area contributed by atoms with Gasteiger partial charge in [-0.1, -0.05) is 42.5 Å². The van der Waals surface area contributed by atoms with Gasteiger partial charge < -0.3 is 14.5 Å². The average molecular weight is 431 g/mol. The number of hydrogen-bond acceptors (Lipinski definition) is 5. The molecular formula is C25H18FNO5. The van der Waals surface area contributed by atoms with Crippen LogP contribution in [0.2, 0.25) is 0 Å². The van der Waals surface area contributed by atoms with Gasteiger partial charge in [-0.05, 0) is 42.3 Å². The Balaban J connectivity index is 1.48. The van der Waals surface area contributed by atoms with E-state index < -0.39 is 23.3 Å². The molecule has 1 heterocycles. The molecule has 4 aromatic rings. The van der Waals surface area contributed by atoms with Crippen molar-refractivity contribution in [2.24, 2.45) is 0 Å². The molecule has 0 fully saturated rings. The summed E-state index contributed by atoms with van der Waals surface area (Å²) in [6, 6.07) is 20.9. The minimum atomic E-state index is -0.876. The van der Waals surface area contributed by atoms with E-state index in [2.05, 4.69) is 5.32 Å². The van der Waals surface area contributed by atoms with Crippen LogP contribution in [-0.4, -0.2) is 18.4 Å². The van der Waals surface area contributed by atoms with Crippen LogP contribution in [0.4, 0.5) is 4.39 Å². The smallest absolute Gasteiger partial charge is 0.349 e. The quantitative estimate of drug-likeness (QED) is 0.282. The van der Waals surface area contributed by atoms with Crippen LogP contribution in [0.25, 0.3) is 11.0 Å². The zero-order valence-corrected chi connectivity index (χ0v) is 16.8. The van der Waals surface area contributed by atoms with Crippen molar-refractivity contribution in [3.8, 4) is 5.75 Å². The second-order valence-electron chi connectivity index (χ2n) is 7.01. The maximum Gasteiger partial charge on any atom is 0.349 e. The molecule has 1 amide bonds. The van der Waals surface area contributed by atoms with E-state index in [0.717, 1.165) is 11.6 Å². The van der Waals surface area contributed by atoms with Gasteiger partial charge in [0.05, 0.1) is 5.56 Å². The predicted octanol–water partition coefficient (Wildman–Crippen LogP) is 4.12. The van der Waals surface area contributed by atoms with Crippen LogP contribution in [0.1, 0.15) is 26.3 Å². The summed E-state index contributed by atoms with van der Waals surface area (Å²) in [4.78, 5) is 36.9. The summed E-state index contributed by atoms with van der Waals surface area (Å²) >= 11 is 0. The lowest BCUT2D eigenvalue weighted by atomic mass is 10.1. The highest BCUT2D eigenvalue weighted by Crippen LogP contribution is 2.22. The lowest BCUT2D eigenvalue weighted by Gasteiger charge is -2.07. The molecule has 0 aliphatic rings. The molecule has 6 nitrogen and oxygen atoms in total. The molecule has 0 saturated heterocycles. The average Bonchev–Trinajstić information content (AvgIpc) is 2.79. The molecule has 0 aliphatic heterocycles. The van der Waals surface area contributed by atoms with Crippen LogP contribution in [-0.2, 0) is 6.42 Å². The monoisotopic (exact) mass is 431 g/mol. The lowest BCUT2D eigenvalue weighted by molar-refractivity contribution is 0.0730. The summed E-state index contributed by atoms with van der Waals surface area (Å²) in [6.07, 6.45) is 0.627. The third-order valence-corrected chi connectivity index (χ3v) is 4.80. The molecule has 0 unspecified atom stereocenters. The third kappa shape index (κ3) is 4.73. The zero-order valence-electron chi connectivity index (χ0n) is 16.8. The van der Waals surface area contributed by atoms with Crippen molar-refractivity contribution < 1.29 is 23.1 Å². The molecule has 0 aliphatic carbocycles. The van der Waals surface area contributed by atoms with Crippen molar-refractivity contribution in [3.63, 3.8) is 0 Å². The minimum absolute atomic E-state index is 0.0777. The summed E-state index contributed by atoms with van der Waals surface area (Å²) in [5.74, 6) is -2.03. The van der Waals surface area contributed by atoms with Gasteiger partial charge in [0, 0.05) is 18.0 Å². The van der Waals surface area contributed by atoms with Crippen LogP contribution < -0.4 is 15.7 Å². The minimum Gasteiger partial charge on any atom is -0.423 e. The van der Waals surface area contributed by atoms with E-state index in [1.165, 1.54) is 36.4 Å². The fraction of sp³-hybridized carbons (Fsp3) is 0.0800. The summed E-state index contributed by atoms with van der Waals surface area (Å²) in [7, 11) is 0. The van der Waals surface area contributed by atoms with Gasteiger partial charge in [0.25, 0.3) is 5.91 Å². The number of amides is 1. The molecule has 0 radical (unpaired) electrons. The van der Waals surface area contributed by atoms with Gasteiger partial charge in [-0.3, -0.25) is 4.79 Å². The molecule has 0 atom stereocenters. The van der Waals surface area contributed by atoms with Crippen molar-refractivity contribution in [2.45, 2.75) is 6.42 Å². The third-order valence-electron chi connectivity index (χ3n) is 4.80. The Morgan fingerprint density at radius 3 is 2.44 bits per heavy atom. The first-order valence-electron chi connectivity index (χ1n) is 9.88. The highest BCUT2D eigenvalue weighted by atomic mass is 19.1. The number of hydrogen-bond donors (Lipinski definition) is 1. The van der Waals surface area contributed by atoms with E-state index in [4.69, 9.17) is 9.15 Å². The molecule has 0 bridgehead atoms. The number of halogens is 1. The first-order chi connectivity index (χ1) is 15.5. The second kappa shape index (κ2) is 9.26. The van der Waals surface area contributed by atoms with E-state index in [1.54, 1.807) is 6.07 Å². The van der Waals surface area contributed by atoms with Gasteiger partial charge in [-0.2, -0.15) is 0 Å². The lowest BCUT2D eigenvalue weighted by Crippen LogP contribution is -2.29. The Labute approximate surface area is 182 Å². The molecule has 7 heteroatoms. The van der Waals surface area contributed by atoms with Crippen molar-refractivity contribution >= 4 is 22.8 Å². The molecule has 4 rings (SSSR count). The number of carbonyl (C=O) groups excluding carboxylic acids is 2. The largest absolute Gasteiger partial charge is 0.423 e. The summed E-state index contributed by atoms with van der Waals surface area (Å²) in [5, 5.41) is 3.19. The van der Waals surface area contributed by atoms with E-state index in [-0.39, 0.29) is 22.5 Å². The van der Waals surface area contributed by atoms with Gasteiger partial charge in [0.1, 0.15) is 22.7 Å². The second-order valence-corrected chi connectivity index (χ2v) is 7.01. The molecule has 32 heavy (non-hydrogen) atoms. The van der Waals surface area contributed by atoms with Crippen LogP contribution in [0, 0.1) is 5.82 Å². The molecule has 0 spiro atoms. The first-order valence-corrected chi connectivity index (χ1v) is 9.88. The fourth-order valence-electron chi connectivity index (χ4n) is 3.16. The number of benzene rings is 3. The highest BCUT2D eigenvalue weighted by molar-refractivity contribution is 5.97. The first kappa shape index (κ1) is 21.0. The maximum absolute atomic E-state index is 13.8. The normalized spacial score (nSPS) is 10.7. The maximum atomic E-state index is 13.8. The molecule has 1 aromatic heterocycles. The predicted molar refractivity (Wildman–Crippen MR) is 116 cm³/mol. The van der Waals surface area contributed by atoms with Crippen LogP contribution in [0.3, 0.4) is 0 Å². The Kier molecular flexibility index (Phi) is 6.07. The molecular weight excluding hydrogens is 413 g/mol. The SMILES string of the molecule is O=C(Oc1ccc2cc(C(=O)NCCc3ccccc3)c(=O)oc2c1)c1ccccc1F. The highest BCUT2D eigenvalue weighted by Gasteiger charge is 2.16. The van der Waals surface area contributed by atoms with Crippen LogP contribution in [0.5, 0.6) is 5.75 Å². The summed E-state index contributed by atoms with van der Waals surface area (Å²) in [5.41, 5.74) is 0.0519. The van der Waals surface area contributed by atoms with Crippen molar-refractivity contribution in [3.05, 3.63) is 112 Å². The number of esters is 1. The Morgan fingerprint density at radius 2 is 1.66 bits per heavy atom. The van der Waals surface area contributed by atoms with E-state index in [1.807, 2.05) is 30.3 Å². The number of carbonyl (C=O) groups is 2. The van der Waals surface area contributed by atoms with Gasteiger partial charge >= 0.3 is 11.6 Å². The Bertz CT molecular complexity index is 1350. The molecule has 160 valence electrons. The number of rotatable bonds is 6. The molecule has 3 aromatic carbocycles. The van der Waals surface area contributed by atoms with Gasteiger partial charge in [0.15, 0.2) is 0 Å². The number of ether oxygens (including phenoxy) is 1. The molecule has 1 N–H and O–H groups in total. The van der Waals surface area contributed by atoms with Crippen LogP contribution >= 0.6 is 0 Å². The zero-order chi connectivity index (χ0) is 22.5. The Morgan fingerprint density at radius 1 is 0.906 bits per heavy atom. The topological polar surface area (TPSA) is 85.6 Å². The number of fused-ring (bicyclic) bond motifs is 1. The van der Waals surface area contributed by atoms with Crippen molar-refractivity contribution in [1.82, 2.24) is 5.32 Å². The number of nitrogens with one attached hydrogen (secondary N) is 1. The fourth-order valence-corrected chi connectivity index (χ4v) is 3.16. The molecule has 0 saturated carbocycles. The standard InChI is InChI=1S/C25H18FNO5/c26-21-9-5-4-8-19(21)24(29)31-18-11-10-17-14-20(25(30)32-22(17)15-18)23(28)27-13-12-16-6-2-1-3-7-16/h1-11,14-15H,12-13H2,(H,27,28). The van der Waals surface area contributed by atoms with Crippen molar-refractivity contribution in [2.75, 3.05) is 6.54 Å². The summed E-state index contributed by atoms with van der Waals surface area (Å²) in [6.45, 7) is 0.366. The van der Waals surface area contributed by atoms with Gasteiger partial charge in [-0.15, -0.1) is 0 Å². The van der Waals surface area contributed by atoms with Crippen molar-refractivity contribution in [1.29, 1.82) is 0 Å². The Hall–Kier alpha value is -4.26. The van der Waals surface area contributed by atoms with Crippen LogP contribution in [0.15, 0.2) is 88.1 Å².